The van der Waals surface area contributed by atoms with Crippen molar-refractivity contribution in [3.05, 3.63) is 47.2 Å². The van der Waals surface area contributed by atoms with E-state index in [1.807, 2.05) is 6.92 Å². The molecule has 2 aromatic rings. The van der Waals surface area contributed by atoms with E-state index in [0.717, 1.165) is 11.3 Å². The van der Waals surface area contributed by atoms with Gasteiger partial charge in [0.1, 0.15) is 16.7 Å². The van der Waals surface area contributed by atoms with Crippen LogP contribution in [0.2, 0.25) is 5.15 Å². The number of carbonyl (C=O) groups excluding carboxylic acids is 1. The summed E-state index contributed by atoms with van der Waals surface area (Å²) in [6.45, 7) is 3.36. The molecule has 98 valence electrons. The number of nitrogens with zero attached hydrogens (tertiary/aromatic N) is 1. The molecule has 1 aromatic carbocycles. The van der Waals surface area contributed by atoms with E-state index in [4.69, 9.17) is 16.3 Å². The summed E-state index contributed by atoms with van der Waals surface area (Å²) < 4.78 is 5.69. The second kappa shape index (κ2) is 5.71. The van der Waals surface area contributed by atoms with Crippen LogP contribution >= 0.6 is 11.6 Å². The summed E-state index contributed by atoms with van der Waals surface area (Å²) in [6, 6.07) is 8.84. The van der Waals surface area contributed by atoms with Gasteiger partial charge in [-0.05, 0) is 42.8 Å². The Morgan fingerprint density at radius 3 is 2.58 bits per heavy atom. The summed E-state index contributed by atoms with van der Waals surface area (Å²) >= 11 is 5.78. The van der Waals surface area contributed by atoms with Gasteiger partial charge >= 0.3 is 0 Å². The van der Waals surface area contributed by atoms with Crippen molar-refractivity contribution in [3.63, 3.8) is 0 Å². The van der Waals surface area contributed by atoms with Gasteiger partial charge < -0.3 is 10.1 Å². The lowest BCUT2D eigenvalue weighted by Gasteiger charge is -2.09. The molecular weight excluding hydrogens is 264 g/mol. The van der Waals surface area contributed by atoms with E-state index >= 15 is 0 Å². The van der Waals surface area contributed by atoms with E-state index in [1.54, 1.807) is 36.5 Å². The van der Waals surface area contributed by atoms with Crippen LogP contribution in [0.15, 0.2) is 36.5 Å². The van der Waals surface area contributed by atoms with Gasteiger partial charge in [0.05, 0.1) is 6.20 Å². The first-order valence-electron chi connectivity index (χ1n) is 5.72. The van der Waals surface area contributed by atoms with Gasteiger partial charge in [-0.2, -0.15) is 0 Å². The van der Waals surface area contributed by atoms with Crippen molar-refractivity contribution in [2.75, 3.05) is 5.32 Å². The molecule has 0 saturated heterocycles. The number of amides is 1. The van der Waals surface area contributed by atoms with Crippen LogP contribution in [0.5, 0.6) is 11.5 Å². The molecule has 1 aromatic heterocycles. The average molecular weight is 277 g/mol. The molecule has 0 saturated carbocycles. The van der Waals surface area contributed by atoms with Crippen molar-refractivity contribution in [1.82, 2.24) is 4.98 Å². The molecule has 0 aliphatic heterocycles. The van der Waals surface area contributed by atoms with Crippen LogP contribution < -0.4 is 10.1 Å². The zero-order valence-corrected chi connectivity index (χ0v) is 11.4. The lowest BCUT2D eigenvalue weighted by molar-refractivity contribution is -0.114. The standard InChI is InChI=1S/C14H13ClN2O2/c1-9-7-14(15)16-8-13(9)19-12-5-3-11(4-6-12)17-10(2)18/h3-8H,1-2H3,(H,17,18). The summed E-state index contributed by atoms with van der Waals surface area (Å²) in [6.07, 6.45) is 1.58. The van der Waals surface area contributed by atoms with E-state index in [9.17, 15) is 4.79 Å². The lowest BCUT2D eigenvalue weighted by atomic mass is 10.2. The monoisotopic (exact) mass is 276 g/mol. The summed E-state index contributed by atoms with van der Waals surface area (Å²) in [7, 11) is 0. The molecule has 0 aliphatic carbocycles. The number of nitrogens with one attached hydrogen (secondary N) is 1. The number of aryl methyl sites for hydroxylation is 1. The zero-order chi connectivity index (χ0) is 13.8. The molecule has 1 N–H and O–H groups in total. The molecule has 4 nitrogen and oxygen atoms in total. The highest BCUT2D eigenvalue weighted by Gasteiger charge is 2.03. The van der Waals surface area contributed by atoms with Crippen molar-refractivity contribution in [1.29, 1.82) is 0 Å². The SMILES string of the molecule is CC(=O)Nc1ccc(Oc2cnc(Cl)cc2C)cc1. The van der Waals surface area contributed by atoms with Crippen LogP contribution in [0, 0.1) is 6.92 Å². The average Bonchev–Trinajstić information content (AvgIpc) is 2.34. The molecule has 1 heterocycles. The molecule has 0 unspecified atom stereocenters. The highest BCUT2D eigenvalue weighted by Crippen LogP contribution is 2.26. The molecule has 0 bridgehead atoms. The van der Waals surface area contributed by atoms with Gasteiger partial charge in [0.25, 0.3) is 0 Å². The van der Waals surface area contributed by atoms with Gasteiger partial charge in [-0.15, -0.1) is 0 Å². The van der Waals surface area contributed by atoms with Gasteiger partial charge in [0, 0.05) is 12.6 Å². The second-order valence-electron chi connectivity index (χ2n) is 4.08. The summed E-state index contributed by atoms with van der Waals surface area (Å²) in [5, 5.41) is 3.13. The van der Waals surface area contributed by atoms with E-state index in [1.165, 1.54) is 6.92 Å². The third-order valence-corrected chi connectivity index (χ3v) is 2.64. The molecule has 0 aliphatic rings. The maximum absolute atomic E-state index is 10.9. The van der Waals surface area contributed by atoms with E-state index in [0.29, 0.717) is 16.7 Å². The molecule has 0 fully saturated rings. The fourth-order valence-electron chi connectivity index (χ4n) is 1.55. The van der Waals surface area contributed by atoms with Crippen LogP contribution in [0.3, 0.4) is 0 Å². The minimum absolute atomic E-state index is 0.105. The fraction of sp³-hybridized carbons (Fsp3) is 0.143. The zero-order valence-electron chi connectivity index (χ0n) is 10.6. The number of aromatic nitrogens is 1. The van der Waals surface area contributed by atoms with Crippen LogP contribution in [-0.2, 0) is 4.79 Å². The Hall–Kier alpha value is -2.07. The minimum atomic E-state index is -0.105. The number of hydrogen-bond acceptors (Lipinski definition) is 3. The first-order valence-corrected chi connectivity index (χ1v) is 6.10. The van der Waals surface area contributed by atoms with Crippen molar-refractivity contribution in [2.45, 2.75) is 13.8 Å². The number of carbonyl (C=O) groups is 1. The topological polar surface area (TPSA) is 51.2 Å². The summed E-state index contributed by atoms with van der Waals surface area (Å²) in [5.74, 6) is 1.21. The van der Waals surface area contributed by atoms with Gasteiger partial charge in [-0.25, -0.2) is 4.98 Å². The predicted molar refractivity (Wildman–Crippen MR) is 74.8 cm³/mol. The molecule has 19 heavy (non-hydrogen) atoms. The highest BCUT2D eigenvalue weighted by molar-refractivity contribution is 6.29. The third-order valence-electron chi connectivity index (χ3n) is 2.43. The first-order chi connectivity index (χ1) is 9.04. The summed E-state index contributed by atoms with van der Waals surface area (Å²) in [5.41, 5.74) is 1.64. The first kappa shape index (κ1) is 13.4. The molecular formula is C14H13ClN2O2. The molecule has 1 amide bonds. The van der Waals surface area contributed by atoms with E-state index in [-0.39, 0.29) is 5.91 Å². The number of rotatable bonds is 3. The lowest BCUT2D eigenvalue weighted by Crippen LogP contribution is -2.05. The number of pyridine rings is 1. The Bertz CT molecular complexity index is 597. The van der Waals surface area contributed by atoms with Crippen molar-refractivity contribution >= 4 is 23.2 Å². The summed E-state index contributed by atoms with van der Waals surface area (Å²) in [4.78, 5) is 14.9. The van der Waals surface area contributed by atoms with Gasteiger partial charge in [0.15, 0.2) is 0 Å². The Labute approximate surface area is 116 Å². The Kier molecular flexibility index (Phi) is 4.02. The van der Waals surface area contributed by atoms with E-state index < -0.39 is 0 Å². The Balaban J connectivity index is 2.13. The third kappa shape index (κ3) is 3.69. The molecule has 5 heteroatoms. The number of ether oxygens (including phenoxy) is 1. The molecule has 0 spiro atoms. The largest absolute Gasteiger partial charge is 0.455 e. The minimum Gasteiger partial charge on any atom is -0.455 e. The number of benzene rings is 1. The molecule has 0 atom stereocenters. The maximum atomic E-state index is 10.9. The van der Waals surface area contributed by atoms with Crippen LogP contribution in [0.4, 0.5) is 5.69 Å². The predicted octanol–water partition coefficient (Wildman–Crippen LogP) is 3.79. The van der Waals surface area contributed by atoms with Crippen LogP contribution in [0.25, 0.3) is 0 Å². The number of hydrogen-bond donors (Lipinski definition) is 1. The van der Waals surface area contributed by atoms with Gasteiger partial charge in [0.2, 0.25) is 5.91 Å². The maximum Gasteiger partial charge on any atom is 0.221 e. The normalized spacial score (nSPS) is 10.1. The van der Waals surface area contributed by atoms with Crippen molar-refractivity contribution in [2.24, 2.45) is 0 Å². The van der Waals surface area contributed by atoms with Crippen molar-refractivity contribution < 1.29 is 9.53 Å². The van der Waals surface area contributed by atoms with E-state index in [2.05, 4.69) is 10.3 Å². The number of halogens is 1. The highest BCUT2D eigenvalue weighted by atomic mass is 35.5. The van der Waals surface area contributed by atoms with Crippen molar-refractivity contribution in [3.8, 4) is 11.5 Å². The second-order valence-corrected chi connectivity index (χ2v) is 4.47. The quantitative estimate of drug-likeness (QED) is 0.868. The van der Waals surface area contributed by atoms with Gasteiger partial charge in [-0.3, -0.25) is 4.79 Å². The Morgan fingerprint density at radius 2 is 2.00 bits per heavy atom. The molecule has 2 rings (SSSR count). The number of anilines is 1. The van der Waals surface area contributed by atoms with Gasteiger partial charge in [-0.1, -0.05) is 11.6 Å². The smallest absolute Gasteiger partial charge is 0.221 e. The fourth-order valence-corrected chi connectivity index (χ4v) is 1.77. The molecule has 0 radical (unpaired) electrons. The van der Waals surface area contributed by atoms with Crippen LogP contribution in [0.1, 0.15) is 12.5 Å². The Morgan fingerprint density at radius 1 is 1.32 bits per heavy atom. The van der Waals surface area contributed by atoms with Crippen LogP contribution in [-0.4, -0.2) is 10.9 Å².